The van der Waals surface area contributed by atoms with Crippen LogP contribution in [-0.2, 0) is 0 Å². The lowest BCUT2D eigenvalue weighted by Crippen LogP contribution is -2.04. The molecular formula is C18H16N4O3. The highest BCUT2D eigenvalue weighted by Gasteiger charge is 2.25. The number of nitrogens with one attached hydrogen (secondary N) is 1. The van der Waals surface area contributed by atoms with Crippen LogP contribution in [0.4, 0.5) is 17.2 Å². The third-order valence-corrected chi connectivity index (χ3v) is 3.79. The number of para-hydroxylation sites is 1. The van der Waals surface area contributed by atoms with E-state index in [1.54, 1.807) is 24.3 Å². The van der Waals surface area contributed by atoms with Gasteiger partial charge in [-0.25, -0.2) is 4.98 Å². The summed E-state index contributed by atoms with van der Waals surface area (Å²) in [4.78, 5) is 19.0. The van der Waals surface area contributed by atoms with Crippen LogP contribution in [0.5, 0.6) is 11.6 Å². The van der Waals surface area contributed by atoms with Crippen LogP contribution in [0.25, 0.3) is 0 Å². The second kappa shape index (κ2) is 6.96. The monoisotopic (exact) mass is 336 g/mol. The lowest BCUT2D eigenvalue weighted by atomic mass is 10.1. The van der Waals surface area contributed by atoms with Crippen molar-refractivity contribution in [3.8, 4) is 11.6 Å². The summed E-state index contributed by atoms with van der Waals surface area (Å²) in [6.07, 6.45) is 1.23. The summed E-state index contributed by atoms with van der Waals surface area (Å²) in [5, 5.41) is 14.6. The van der Waals surface area contributed by atoms with E-state index in [-0.39, 0.29) is 17.4 Å². The van der Waals surface area contributed by atoms with E-state index in [4.69, 9.17) is 4.74 Å². The van der Waals surface area contributed by atoms with Crippen LogP contribution >= 0.6 is 0 Å². The average molecular weight is 336 g/mol. The van der Waals surface area contributed by atoms with Gasteiger partial charge in [-0.2, -0.15) is 4.98 Å². The molecule has 0 atom stereocenters. The Labute approximate surface area is 144 Å². The Bertz CT molecular complexity index is 913. The SMILES string of the molecule is Cc1cccc(Nc2ncnc(Oc3ccccc3)c2[N+](=O)[O-])c1C. The van der Waals surface area contributed by atoms with Crippen LogP contribution < -0.4 is 10.1 Å². The van der Waals surface area contributed by atoms with E-state index >= 15 is 0 Å². The number of anilines is 2. The molecule has 1 heterocycles. The summed E-state index contributed by atoms with van der Waals surface area (Å²) in [5.74, 6) is 0.431. The second-order valence-electron chi connectivity index (χ2n) is 5.42. The zero-order valence-corrected chi connectivity index (χ0v) is 13.8. The molecule has 2 aromatic carbocycles. The number of hydrogen-bond acceptors (Lipinski definition) is 6. The summed E-state index contributed by atoms with van der Waals surface area (Å²) in [6, 6.07) is 14.5. The van der Waals surface area contributed by atoms with Gasteiger partial charge in [0.15, 0.2) is 0 Å². The van der Waals surface area contributed by atoms with Gasteiger partial charge in [-0.05, 0) is 43.2 Å². The van der Waals surface area contributed by atoms with E-state index in [1.165, 1.54) is 6.33 Å². The molecule has 3 rings (SSSR count). The van der Waals surface area contributed by atoms with E-state index in [1.807, 2.05) is 38.1 Å². The van der Waals surface area contributed by atoms with Crippen molar-refractivity contribution in [1.82, 2.24) is 9.97 Å². The van der Waals surface area contributed by atoms with Crippen LogP contribution in [0.1, 0.15) is 11.1 Å². The number of rotatable bonds is 5. The minimum absolute atomic E-state index is 0.0830. The van der Waals surface area contributed by atoms with Crippen molar-refractivity contribution >= 4 is 17.2 Å². The highest BCUT2D eigenvalue weighted by atomic mass is 16.6. The molecule has 1 N–H and O–H groups in total. The maximum absolute atomic E-state index is 11.6. The van der Waals surface area contributed by atoms with Crippen molar-refractivity contribution in [2.45, 2.75) is 13.8 Å². The molecule has 0 unspecified atom stereocenters. The van der Waals surface area contributed by atoms with Gasteiger partial charge in [-0.1, -0.05) is 30.3 Å². The van der Waals surface area contributed by atoms with Crippen molar-refractivity contribution in [1.29, 1.82) is 0 Å². The quantitative estimate of drug-likeness (QED) is 0.543. The molecule has 0 radical (unpaired) electrons. The Morgan fingerprint density at radius 2 is 1.80 bits per heavy atom. The van der Waals surface area contributed by atoms with E-state index in [9.17, 15) is 10.1 Å². The van der Waals surface area contributed by atoms with Gasteiger partial charge >= 0.3 is 11.6 Å². The highest BCUT2D eigenvalue weighted by molar-refractivity contribution is 5.71. The molecular weight excluding hydrogens is 320 g/mol. The van der Waals surface area contributed by atoms with Crippen molar-refractivity contribution in [2.75, 3.05) is 5.32 Å². The zero-order valence-electron chi connectivity index (χ0n) is 13.8. The molecule has 3 aromatic rings. The Morgan fingerprint density at radius 1 is 1.04 bits per heavy atom. The number of hydrogen-bond donors (Lipinski definition) is 1. The van der Waals surface area contributed by atoms with E-state index < -0.39 is 4.92 Å². The standard InChI is InChI=1S/C18H16N4O3/c1-12-7-6-10-15(13(12)2)21-17-16(22(23)24)18(20-11-19-17)25-14-8-4-3-5-9-14/h3-11H,1-2H3,(H,19,20,21). The van der Waals surface area contributed by atoms with Crippen LogP contribution in [0.2, 0.25) is 0 Å². The molecule has 0 aliphatic rings. The molecule has 0 fully saturated rings. The van der Waals surface area contributed by atoms with E-state index in [0.29, 0.717) is 5.75 Å². The molecule has 0 bridgehead atoms. The molecule has 0 spiro atoms. The smallest absolute Gasteiger partial charge is 0.373 e. The van der Waals surface area contributed by atoms with Gasteiger partial charge in [0.25, 0.3) is 0 Å². The van der Waals surface area contributed by atoms with Gasteiger partial charge in [-0.15, -0.1) is 0 Å². The van der Waals surface area contributed by atoms with Gasteiger partial charge in [0.05, 0.1) is 4.92 Å². The van der Waals surface area contributed by atoms with Gasteiger partial charge < -0.3 is 10.1 Å². The van der Waals surface area contributed by atoms with Crippen molar-refractivity contribution < 1.29 is 9.66 Å². The molecule has 0 amide bonds. The largest absolute Gasteiger partial charge is 0.434 e. The number of ether oxygens (including phenoxy) is 1. The first kappa shape index (κ1) is 16.4. The van der Waals surface area contributed by atoms with Crippen molar-refractivity contribution in [3.63, 3.8) is 0 Å². The summed E-state index contributed by atoms with van der Waals surface area (Å²) in [5.41, 5.74) is 2.49. The summed E-state index contributed by atoms with van der Waals surface area (Å²) in [6.45, 7) is 3.91. The van der Waals surface area contributed by atoms with Crippen molar-refractivity contribution in [2.24, 2.45) is 0 Å². The third-order valence-electron chi connectivity index (χ3n) is 3.79. The Morgan fingerprint density at radius 3 is 2.52 bits per heavy atom. The first-order chi connectivity index (χ1) is 12.1. The first-order valence-corrected chi connectivity index (χ1v) is 7.62. The van der Waals surface area contributed by atoms with E-state index in [0.717, 1.165) is 16.8 Å². The minimum Gasteiger partial charge on any atom is -0.434 e. The number of nitrogens with zero attached hydrogens (tertiary/aromatic N) is 3. The van der Waals surface area contributed by atoms with Crippen molar-refractivity contribution in [3.05, 3.63) is 76.1 Å². The molecule has 7 nitrogen and oxygen atoms in total. The molecule has 0 saturated carbocycles. The molecule has 126 valence electrons. The second-order valence-corrected chi connectivity index (χ2v) is 5.42. The summed E-state index contributed by atoms with van der Waals surface area (Å²) >= 11 is 0. The van der Waals surface area contributed by atoms with Gasteiger partial charge in [0, 0.05) is 5.69 Å². The summed E-state index contributed by atoms with van der Waals surface area (Å²) in [7, 11) is 0. The van der Waals surface area contributed by atoms with E-state index in [2.05, 4.69) is 15.3 Å². The number of aryl methyl sites for hydroxylation is 1. The Balaban J connectivity index is 2.01. The molecule has 0 aliphatic heterocycles. The zero-order chi connectivity index (χ0) is 17.8. The maximum atomic E-state index is 11.6. The van der Waals surface area contributed by atoms with Crippen LogP contribution in [0, 0.1) is 24.0 Å². The molecule has 0 aliphatic carbocycles. The average Bonchev–Trinajstić information content (AvgIpc) is 2.60. The predicted octanol–water partition coefficient (Wildman–Crippen LogP) is 4.54. The van der Waals surface area contributed by atoms with Gasteiger partial charge in [0.2, 0.25) is 5.82 Å². The lowest BCUT2D eigenvalue weighted by molar-refractivity contribution is -0.385. The van der Waals surface area contributed by atoms with Crippen LogP contribution in [0.3, 0.4) is 0 Å². The normalized spacial score (nSPS) is 10.3. The Kier molecular flexibility index (Phi) is 4.56. The molecule has 7 heteroatoms. The molecule has 25 heavy (non-hydrogen) atoms. The van der Waals surface area contributed by atoms with Crippen LogP contribution in [0.15, 0.2) is 54.9 Å². The fourth-order valence-corrected chi connectivity index (χ4v) is 2.31. The minimum atomic E-state index is -0.550. The van der Waals surface area contributed by atoms with Gasteiger partial charge in [-0.3, -0.25) is 10.1 Å². The maximum Gasteiger partial charge on any atom is 0.373 e. The topological polar surface area (TPSA) is 90.2 Å². The third kappa shape index (κ3) is 3.55. The first-order valence-electron chi connectivity index (χ1n) is 7.62. The molecule has 1 aromatic heterocycles. The number of aromatic nitrogens is 2. The fraction of sp³-hybridized carbons (Fsp3) is 0.111. The fourth-order valence-electron chi connectivity index (χ4n) is 2.31. The predicted molar refractivity (Wildman–Crippen MR) is 94.4 cm³/mol. The summed E-state index contributed by atoms with van der Waals surface area (Å²) < 4.78 is 5.57. The highest BCUT2D eigenvalue weighted by Crippen LogP contribution is 2.36. The number of benzene rings is 2. The lowest BCUT2D eigenvalue weighted by Gasteiger charge is -2.12. The Hall–Kier alpha value is -3.48. The van der Waals surface area contributed by atoms with Crippen LogP contribution in [-0.4, -0.2) is 14.9 Å². The van der Waals surface area contributed by atoms with Gasteiger partial charge in [0.1, 0.15) is 12.1 Å². The number of nitro groups is 1. The molecule has 0 saturated heterocycles.